The Morgan fingerprint density at radius 1 is 1.60 bits per heavy atom. The van der Waals surface area contributed by atoms with Gasteiger partial charge in [-0.3, -0.25) is 0 Å². The first-order valence-electron chi connectivity index (χ1n) is 0.638. The molecule has 0 heterocycles. The zero-order valence-corrected chi connectivity index (χ0v) is 4.88. The predicted octanol–water partition coefficient (Wildman–Crippen LogP) is -1.12. The molecule has 0 aliphatic heterocycles. The van der Waals surface area contributed by atoms with Crippen LogP contribution in [0.5, 0.6) is 0 Å². The first-order valence-corrected chi connectivity index (χ1v) is 5.95. The average molecular weight is 327 g/mol. The summed E-state index contributed by atoms with van der Waals surface area (Å²) in [5.74, 6) is 0. The van der Waals surface area contributed by atoms with E-state index in [2.05, 4.69) is 6.15 Å². The SMILES string of the molecule is [CH3][Lr]([NH2])([OH])[OH]. The third kappa shape index (κ3) is 1.78. The molecule has 0 saturated carbocycles. The molecule has 0 aromatic carbocycles. The van der Waals surface area contributed by atoms with Gasteiger partial charge in [-0.05, 0) is 0 Å². The molecule has 4 N–H and O–H groups in total. The van der Waals surface area contributed by atoms with Crippen molar-refractivity contribution in [1.29, 1.82) is 0 Å². The Bertz CT molecular complexity index is 25.1. The van der Waals surface area contributed by atoms with Crippen molar-refractivity contribution in [2.45, 2.75) is 7.43 Å². The zero-order chi connectivity index (χ0) is 4.50. The Morgan fingerprint density at radius 3 is 1.60 bits per heavy atom. The van der Waals surface area contributed by atoms with Gasteiger partial charge in [0.2, 0.25) is 0 Å². The molecule has 0 fully saturated rings. The molecule has 0 amide bonds. The fourth-order valence-electron chi connectivity index (χ4n) is 0. The molecule has 0 atom stereocenters. The Labute approximate surface area is 25.8 Å². The van der Waals surface area contributed by atoms with Gasteiger partial charge >= 0.3 is 24.5 Å². The molecule has 0 aliphatic rings. The molecule has 43 valence electrons. The van der Waals surface area contributed by atoms with E-state index in [0.717, 1.165) is 0 Å². The van der Waals surface area contributed by atoms with E-state index in [1.54, 1.807) is 0 Å². The van der Waals surface area contributed by atoms with Gasteiger partial charge in [0.15, 0.2) is 0 Å². The standard InChI is InChI=1S/CH3.Lr.H2N.2H2O/h1H3;;3*1H2/q;+3;-1;;/p-2. The van der Waals surface area contributed by atoms with E-state index >= 15 is 0 Å². The van der Waals surface area contributed by atoms with Crippen LogP contribution < -0.4 is 6.15 Å². The van der Waals surface area contributed by atoms with Crippen LogP contribution in [0.25, 0.3) is 0 Å². The number of hydrogen-bond donors (Lipinski definition) is 3. The van der Waals surface area contributed by atoms with E-state index in [-0.39, 0.29) is 0 Å². The van der Waals surface area contributed by atoms with Crippen LogP contribution in [-0.2, 0) is 0 Å². The second kappa shape index (κ2) is 0.427. The molecule has 0 aromatic rings. The fourth-order valence-corrected chi connectivity index (χ4v) is 0. The Hall–Kier alpha value is -1.12. The average Bonchev–Trinajstić information content (AvgIpc) is 0.722. The Morgan fingerprint density at radius 2 is 1.60 bits per heavy atom. The summed E-state index contributed by atoms with van der Waals surface area (Å²) in [6, 6.07) is 0. The molecule has 5 heavy (non-hydrogen) atoms. The van der Waals surface area contributed by atoms with Crippen molar-refractivity contribution in [2.75, 3.05) is 0 Å². The van der Waals surface area contributed by atoms with Crippen LogP contribution in [0.2, 0.25) is 7.43 Å². The molecule has 0 aliphatic carbocycles. The molecule has 0 aromatic heterocycles. The second-order valence-electron chi connectivity index (χ2n) is 0.565. The van der Waals surface area contributed by atoms with Gasteiger partial charge < -0.3 is 0 Å². The molecule has 0 rings (SSSR count). The summed E-state index contributed by atoms with van der Waals surface area (Å²) in [6.45, 7) is 0. The maximum absolute atomic E-state index is 8.03. The summed E-state index contributed by atoms with van der Waals surface area (Å²) in [7, 11) is 1.25. The molecule has 4 heteroatoms. The molecule has 0 unspecified atom stereocenters. The van der Waals surface area contributed by atoms with Gasteiger partial charge in [-0.1, -0.05) is 0 Å². The van der Waals surface area contributed by atoms with Gasteiger partial charge in [-0.25, -0.2) is 0 Å². The van der Waals surface area contributed by atoms with Crippen LogP contribution in [0.3, 0.4) is 0 Å². The van der Waals surface area contributed by atoms with E-state index in [0.29, 0.717) is 0 Å². The number of nitrogens with two attached hydrogens (primary N) is 1. The number of rotatable bonds is 0. The molecule has 0 spiro atoms. The minimum absolute atomic E-state index is 1.25. The maximum atomic E-state index is 8.03. The van der Waals surface area contributed by atoms with Crippen molar-refractivity contribution in [3.63, 3.8) is 0 Å². The fraction of sp³-hybridized carbons (Fsp3) is 1.00. The number of hydrogen-bond acceptors (Lipinski definition) is 3. The summed E-state index contributed by atoms with van der Waals surface area (Å²) in [6.07, 6.45) is 4.64. The molecule has 3 nitrogen and oxygen atoms in total. The minimum atomic E-state index is -3.39. The third-order valence-electron chi connectivity index (χ3n) is 0. The summed E-state index contributed by atoms with van der Waals surface area (Å²) < 4.78 is -3.39. The molecule has 0 saturated heterocycles. The van der Waals surface area contributed by atoms with Gasteiger partial charge in [0.25, 0.3) is 0 Å². The van der Waals surface area contributed by atoms with Gasteiger partial charge in [0.05, 0.1) is 0 Å². The van der Waals surface area contributed by atoms with Crippen LogP contribution in [-0.4, -0.2) is 11.0 Å². The topological polar surface area (TPSA) is 66.5 Å². The molecule has 0 radical (unpaired) electrons. The molecule has 0 bridgehead atoms. The van der Waals surface area contributed by atoms with Crippen molar-refractivity contribution in [3.05, 3.63) is 0 Å². The third-order valence-corrected chi connectivity index (χ3v) is 0. The monoisotopic (exact) mass is 327 g/mol. The molecular formula is CH7LrNO2. The van der Waals surface area contributed by atoms with Crippen molar-refractivity contribution < 1.29 is 11.0 Å². The summed E-state index contributed by atoms with van der Waals surface area (Å²) in [5.41, 5.74) is 16.1. The summed E-state index contributed by atoms with van der Waals surface area (Å²) in [5, 5.41) is 0. The van der Waals surface area contributed by atoms with E-state index in [1.807, 2.05) is 0 Å². The second-order valence-corrected chi connectivity index (χ2v) is 5.27. The molecular weight excluding hydrogens is 320 g/mol. The van der Waals surface area contributed by atoms with E-state index in [9.17, 15) is 0 Å². The zero-order valence-electron chi connectivity index (χ0n) is 2.73. The van der Waals surface area contributed by atoms with Crippen LogP contribution >= 0.6 is 0 Å². The summed E-state index contributed by atoms with van der Waals surface area (Å²) in [4.78, 5) is 0. The van der Waals surface area contributed by atoms with E-state index in [1.165, 1.54) is 7.43 Å². The van der Waals surface area contributed by atoms with Crippen LogP contribution in [0.15, 0.2) is 0 Å². The van der Waals surface area contributed by atoms with E-state index < -0.39 is 0 Å². The van der Waals surface area contributed by atoms with Crippen LogP contribution in [0.4, 0.5) is 0 Å². The quantitative estimate of drug-likeness (QED) is 0.528. The van der Waals surface area contributed by atoms with Crippen LogP contribution in [0.1, 0.15) is 0 Å². The summed E-state index contributed by atoms with van der Waals surface area (Å²) >= 11 is 0. The van der Waals surface area contributed by atoms with Gasteiger partial charge in [0, 0.05) is 0 Å². The normalized spacial score (nSPS) is 12.0. The van der Waals surface area contributed by atoms with Gasteiger partial charge in [0.1, 0.15) is 0 Å². The van der Waals surface area contributed by atoms with Gasteiger partial charge in [-0.2, -0.15) is 0 Å². The first kappa shape index (κ1) is 3.88. The van der Waals surface area contributed by atoms with Crippen molar-refractivity contribution in [3.8, 4) is 0 Å². The first-order chi connectivity index (χ1) is 2.00. The van der Waals surface area contributed by atoms with Crippen molar-refractivity contribution in [2.24, 2.45) is 6.15 Å². The van der Waals surface area contributed by atoms with Gasteiger partial charge in [-0.15, -0.1) is 0 Å². The van der Waals surface area contributed by atoms with Crippen LogP contribution in [0, 0.1) is 0 Å². The predicted molar refractivity (Wildman–Crippen MR) is 14.5 cm³/mol. The van der Waals surface area contributed by atoms with Crippen molar-refractivity contribution in [1.82, 2.24) is 0 Å². The van der Waals surface area contributed by atoms with E-state index in [4.69, 9.17) is 11.0 Å². The van der Waals surface area contributed by atoms with Crippen molar-refractivity contribution >= 4 is 0 Å². The Kier molecular flexibility index (Phi) is 0.332. The Balaban J connectivity index is 3.02.